The molecular weight excluding hydrogens is 338 g/mol. The van der Waals surface area contributed by atoms with E-state index in [1.807, 2.05) is 0 Å². The van der Waals surface area contributed by atoms with E-state index in [1.54, 1.807) is 51.5 Å². The van der Waals surface area contributed by atoms with Gasteiger partial charge in [-0.25, -0.2) is 4.79 Å². The van der Waals surface area contributed by atoms with Gasteiger partial charge < -0.3 is 15.0 Å². The molecule has 2 aromatic carbocycles. The number of nitrogens with one attached hydrogen (secondary N) is 1. The van der Waals surface area contributed by atoms with Gasteiger partial charge in [-0.2, -0.15) is 0 Å². The lowest BCUT2D eigenvalue weighted by Gasteiger charge is -2.21. The van der Waals surface area contributed by atoms with E-state index in [2.05, 4.69) is 5.32 Å². The minimum atomic E-state index is -1.14. The molecular formula is C18H19N3O5. The maximum Gasteiger partial charge on any atom is 0.339 e. The molecule has 2 aromatic rings. The fraction of sp³-hybridized carbons (Fsp3) is 0.222. The van der Waals surface area contributed by atoms with Crippen LogP contribution in [0.1, 0.15) is 22.0 Å². The molecule has 1 amide bonds. The number of rotatable bonds is 6. The Kier molecular flexibility index (Phi) is 5.90. The monoisotopic (exact) mass is 357 g/mol. The number of carbonyl (C=O) groups is 2. The summed E-state index contributed by atoms with van der Waals surface area (Å²) in [4.78, 5) is 36.8. The number of hydrogen-bond donors (Lipinski definition) is 1. The minimum Gasteiger partial charge on any atom is -0.444 e. The summed E-state index contributed by atoms with van der Waals surface area (Å²) in [5, 5.41) is 13.8. The summed E-state index contributed by atoms with van der Waals surface area (Å²) in [7, 11) is 4.65. The number of esters is 1. The second-order valence-electron chi connectivity index (χ2n) is 5.67. The summed E-state index contributed by atoms with van der Waals surface area (Å²) < 4.78 is 5.38. The van der Waals surface area contributed by atoms with Crippen molar-refractivity contribution in [2.75, 3.05) is 26.5 Å². The van der Waals surface area contributed by atoms with E-state index in [9.17, 15) is 19.7 Å². The molecule has 0 fully saturated rings. The zero-order valence-electron chi connectivity index (χ0n) is 14.6. The summed E-state index contributed by atoms with van der Waals surface area (Å²) in [6, 6.07) is 12.5. The molecule has 0 saturated carbocycles. The molecule has 136 valence electrons. The van der Waals surface area contributed by atoms with E-state index in [1.165, 1.54) is 17.0 Å². The molecule has 8 heteroatoms. The molecule has 0 bridgehead atoms. The largest absolute Gasteiger partial charge is 0.444 e. The number of anilines is 1. The number of carbonyl (C=O) groups excluding carboxylic acids is 2. The first-order chi connectivity index (χ1) is 12.3. The van der Waals surface area contributed by atoms with Crippen LogP contribution in [0.5, 0.6) is 0 Å². The second kappa shape index (κ2) is 8.11. The number of nitro benzene ring substituents is 1. The Labute approximate surface area is 150 Å². The standard InChI is InChI=1S/C18H19N3O5/c1-19-14-10-9-13(11-15(14)21(24)25)18(23)26-16(17(22)20(2)3)12-7-5-4-6-8-12/h4-11,16,19H,1-3H3/t16-/m0/s1. The molecule has 1 atom stereocenters. The average Bonchev–Trinajstić information content (AvgIpc) is 2.65. The lowest BCUT2D eigenvalue weighted by Crippen LogP contribution is -2.31. The van der Waals surface area contributed by atoms with Crippen molar-refractivity contribution in [3.8, 4) is 0 Å². The highest BCUT2D eigenvalue weighted by Gasteiger charge is 2.28. The highest BCUT2D eigenvalue weighted by Crippen LogP contribution is 2.27. The molecule has 0 saturated heterocycles. The number of likely N-dealkylation sites (N-methyl/N-ethyl adjacent to an activating group) is 1. The molecule has 8 nitrogen and oxygen atoms in total. The van der Waals surface area contributed by atoms with Crippen LogP contribution >= 0.6 is 0 Å². The normalized spacial score (nSPS) is 11.3. The van der Waals surface area contributed by atoms with Crippen molar-refractivity contribution < 1.29 is 19.2 Å². The smallest absolute Gasteiger partial charge is 0.339 e. The van der Waals surface area contributed by atoms with Crippen molar-refractivity contribution in [3.63, 3.8) is 0 Å². The van der Waals surface area contributed by atoms with E-state index in [0.29, 0.717) is 5.56 Å². The zero-order valence-corrected chi connectivity index (χ0v) is 14.6. The molecule has 0 aromatic heterocycles. The van der Waals surface area contributed by atoms with E-state index in [0.717, 1.165) is 6.07 Å². The summed E-state index contributed by atoms with van der Waals surface area (Å²) in [5.74, 6) is -1.23. The van der Waals surface area contributed by atoms with Crippen molar-refractivity contribution in [3.05, 3.63) is 69.8 Å². The number of hydrogen-bond acceptors (Lipinski definition) is 6. The summed E-state index contributed by atoms with van der Waals surface area (Å²) in [6.07, 6.45) is -1.14. The van der Waals surface area contributed by atoms with Crippen LogP contribution in [-0.4, -0.2) is 42.8 Å². The summed E-state index contributed by atoms with van der Waals surface area (Å²) in [6.45, 7) is 0. The van der Waals surface area contributed by atoms with E-state index >= 15 is 0 Å². The Morgan fingerprint density at radius 3 is 2.35 bits per heavy atom. The van der Waals surface area contributed by atoms with Crippen molar-refractivity contribution in [1.29, 1.82) is 0 Å². The van der Waals surface area contributed by atoms with Crippen LogP contribution in [0.25, 0.3) is 0 Å². The maximum absolute atomic E-state index is 12.5. The summed E-state index contributed by atoms with van der Waals surface area (Å²) >= 11 is 0. The first kappa shape index (κ1) is 18.9. The Balaban J connectivity index is 2.34. The Hall–Kier alpha value is -3.42. The van der Waals surface area contributed by atoms with Crippen LogP contribution in [0.15, 0.2) is 48.5 Å². The van der Waals surface area contributed by atoms with Gasteiger partial charge in [0.05, 0.1) is 10.5 Å². The van der Waals surface area contributed by atoms with Crippen molar-refractivity contribution in [2.45, 2.75) is 6.10 Å². The van der Waals surface area contributed by atoms with Gasteiger partial charge in [0.25, 0.3) is 11.6 Å². The number of nitrogens with zero attached hydrogens (tertiary/aromatic N) is 2. The number of nitro groups is 1. The van der Waals surface area contributed by atoms with Gasteiger partial charge in [0, 0.05) is 32.8 Å². The first-order valence-electron chi connectivity index (χ1n) is 7.78. The minimum absolute atomic E-state index is 0.0109. The van der Waals surface area contributed by atoms with Crippen LogP contribution in [0.2, 0.25) is 0 Å². The third kappa shape index (κ3) is 4.15. The van der Waals surface area contributed by atoms with Crippen LogP contribution in [0.4, 0.5) is 11.4 Å². The molecule has 1 N–H and O–H groups in total. The van der Waals surface area contributed by atoms with E-state index in [4.69, 9.17) is 4.74 Å². The lowest BCUT2D eigenvalue weighted by molar-refractivity contribution is -0.384. The van der Waals surface area contributed by atoms with Crippen LogP contribution < -0.4 is 5.32 Å². The molecule has 0 unspecified atom stereocenters. The fourth-order valence-electron chi connectivity index (χ4n) is 2.32. The highest BCUT2D eigenvalue weighted by molar-refractivity contribution is 5.94. The number of ether oxygens (including phenoxy) is 1. The summed E-state index contributed by atoms with van der Waals surface area (Å²) in [5.41, 5.74) is 0.525. The fourth-order valence-corrected chi connectivity index (χ4v) is 2.32. The Bertz CT molecular complexity index is 821. The zero-order chi connectivity index (χ0) is 19.3. The molecule has 26 heavy (non-hydrogen) atoms. The third-order valence-corrected chi connectivity index (χ3v) is 3.69. The molecule has 0 aliphatic heterocycles. The highest BCUT2D eigenvalue weighted by atomic mass is 16.6. The van der Waals surface area contributed by atoms with Gasteiger partial charge in [0.2, 0.25) is 6.10 Å². The van der Waals surface area contributed by atoms with Crippen molar-refractivity contribution in [2.24, 2.45) is 0 Å². The van der Waals surface area contributed by atoms with Crippen LogP contribution in [-0.2, 0) is 9.53 Å². The second-order valence-corrected chi connectivity index (χ2v) is 5.67. The topological polar surface area (TPSA) is 102 Å². The average molecular weight is 357 g/mol. The number of amides is 1. The molecule has 0 radical (unpaired) electrons. The quantitative estimate of drug-likeness (QED) is 0.484. The lowest BCUT2D eigenvalue weighted by atomic mass is 10.1. The molecule has 0 heterocycles. The number of benzene rings is 2. The predicted octanol–water partition coefficient (Wildman–Crippen LogP) is 2.62. The van der Waals surface area contributed by atoms with Crippen molar-refractivity contribution >= 4 is 23.3 Å². The molecule has 0 spiro atoms. The van der Waals surface area contributed by atoms with Gasteiger partial charge in [-0.05, 0) is 12.1 Å². The maximum atomic E-state index is 12.5. The Morgan fingerprint density at radius 1 is 1.15 bits per heavy atom. The third-order valence-electron chi connectivity index (χ3n) is 3.69. The van der Waals surface area contributed by atoms with E-state index in [-0.39, 0.29) is 16.9 Å². The van der Waals surface area contributed by atoms with E-state index < -0.39 is 22.9 Å². The van der Waals surface area contributed by atoms with Crippen LogP contribution in [0, 0.1) is 10.1 Å². The van der Waals surface area contributed by atoms with Gasteiger partial charge >= 0.3 is 5.97 Å². The van der Waals surface area contributed by atoms with Gasteiger partial charge in [-0.15, -0.1) is 0 Å². The van der Waals surface area contributed by atoms with Crippen molar-refractivity contribution in [1.82, 2.24) is 4.90 Å². The van der Waals surface area contributed by atoms with Gasteiger partial charge in [-0.1, -0.05) is 30.3 Å². The predicted molar refractivity (Wildman–Crippen MR) is 95.9 cm³/mol. The van der Waals surface area contributed by atoms with Gasteiger partial charge in [-0.3, -0.25) is 14.9 Å². The molecule has 2 rings (SSSR count). The molecule has 0 aliphatic carbocycles. The first-order valence-corrected chi connectivity index (χ1v) is 7.78. The Morgan fingerprint density at radius 2 is 1.81 bits per heavy atom. The van der Waals surface area contributed by atoms with Crippen LogP contribution in [0.3, 0.4) is 0 Å². The molecule has 0 aliphatic rings. The van der Waals surface area contributed by atoms with Gasteiger partial charge in [0.1, 0.15) is 5.69 Å². The SMILES string of the molecule is CNc1ccc(C(=O)O[C@H](C(=O)N(C)C)c2ccccc2)cc1[N+](=O)[O-]. The van der Waals surface area contributed by atoms with Gasteiger partial charge in [0.15, 0.2) is 0 Å².